The summed E-state index contributed by atoms with van der Waals surface area (Å²) in [5.74, 6) is 1.97. The fourth-order valence-corrected chi connectivity index (χ4v) is 3.33. The van der Waals surface area contributed by atoms with Crippen LogP contribution >= 0.6 is 0 Å². The van der Waals surface area contributed by atoms with Gasteiger partial charge < -0.3 is 15.6 Å². The number of nitrogens with zero attached hydrogens (tertiary/aromatic N) is 3. The highest BCUT2D eigenvalue weighted by atomic mass is 15.2. The van der Waals surface area contributed by atoms with Crippen LogP contribution in [0.25, 0.3) is 11.2 Å². The molecular weight excluding hydrogens is 262 g/mol. The Bertz CT molecular complexity index is 608. The van der Waals surface area contributed by atoms with Gasteiger partial charge in [-0.05, 0) is 25.0 Å². The molecule has 0 saturated heterocycles. The number of anilines is 1. The molecule has 5 nitrogen and oxygen atoms in total. The molecule has 0 aromatic carbocycles. The monoisotopic (exact) mass is 287 g/mol. The van der Waals surface area contributed by atoms with Crippen LogP contribution in [0.2, 0.25) is 0 Å². The number of aromatic nitrogens is 3. The minimum absolute atomic E-state index is 0.00940. The number of aromatic amines is 1. The van der Waals surface area contributed by atoms with Crippen LogP contribution in [0.15, 0.2) is 12.1 Å². The van der Waals surface area contributed by atoms with Gasteiger partial charge in [0.15, 0.2) is 5.65 Å². The van der Waals surface area contributed by atoms with E-state index in [1.54, 1.807) is 0 Å². The van der Waals surface area contributed by atoms with E-state index in [-0.39, 0.29) is 5.41 Å². The van der Waals surface area contributed by atoms with E-state index < -0.39 is 0 Å². The summed E-state index contributed by atoms with van der Waals surface area (Å²) in [4.78, 5) is 14.9. The SMILES string of the molecule is CN(C)c1ccc2[nH]c(C3(CN)CCCCCC3)nc2n1. The predicted octanol–water partition coefficient (Wildman–Crippen LogP) is 2.57. The zero-order chi connectivity index (χ0) is 14.9. The maximum Gasteiger partial charge on any atom is 0.179 e. The first-order valence-electron chi connectivity index (χ1n) is 7.89. The number of pyridine rings is 1. The average molecular weight is 287 g/mol. The lowest BCUT2D eigenvalue weighted by atomic mass is 9.79. The van der Waals surface area contributed by atoms with E-state index in [1.165, 1.54) is 25.7 Å². The van der Waals surface area contributed by atoms with Crippen molar-refractivity contribution >= 4 is 17.0 Å². The Kier molecular flexibility index (Phi) is 3.85. The molecule has 0 amide bonds. The van der Waals surface area contributed by atoms with E-state index in [0.717, 1.165) is 35.6 Å². The van der Waals surface area contributed by atoms with Crippen LogP contribution in [0.1, 0.15) is 44.3 Å². The van der Waals surface area contributed by atoms with Crippen molar-refractivity contribution in [3.8, 4) is 0 Å². The highest BCUT2D eigenvalue weighted by molar-refractivity contribution is 5.73. The van der Waals surface area contributed by atoms with E-state index >= 15 is 0 Å². The van der Waals surface area contributed by atoms with E-state index in [9.17, 15) is 0 Å². The molecule has 3 N–H and O–H groups in total. The Morgan fingerprint density at radius 3 is 2.48 bits per heavy atom. The van der Waals surface area contributed by atoms with Gasteiger partial charge >= 0.3 is 0 Å². The van der Waals surface area contributed by atoms with Gasteiger partial charge in [0.25, 0.3) is 0 Å². The quantitative estimate of drug-likeness (QED) is 0.851. The minimum Gasteiger partial charge on any atom is -0.363 e. The first-order chi connectivity index (χ1) is 10.1. The molecule has 0 bridgehead atoms. The Morgan fingerprint density at radius 1 is 1.14 bits per heavy atom. The van der Waals surface area contributed by atoms with Crippen molar-refractivity contribution in [2.24, 2.45) is 5.73 Å². The normalized spacial score (nSPS) is 18.6. The highest BCUT2D eigenvalue weighted by Crippen LogP contribution is 2.36. The molecule has 5 heteroatoms. The van der Waals surface area contributed by atoms with Crippen molar-refractivity contribution in [1.29, 1.82) is 0 Å². The van der Waals surface area contributed by atoms with Gasteiger partial charge in [-0.1, -0.05) is 25.7 Å². The summed E-state index contributed by atoms with van der Waals surface area (Å²) in [6.45, 7) is 0.660. The van der Waals surface area contributed by atoms with Crippen LogP contribution in [0.4, 0.5) is 5.82 Å². The third kappa shape index (κ3) is 2.62. The van der Waals surface area contributed by atoms with Crippen molar-refractivity contribution in [1.82, 2.24) is 15.0 Å². The zero-order valence-corrected chi connectivity index (χ0v) is 13.0. The second-order valence-electron chi connectivity index (χ2n) is 6.42. The van der Waals surface area contributed by atoms with Crippen LogP contribution in [0, 0.1) is 0 Å². The zero-order valence-electron chi connectivity index (χ0n) is 13.0. The van der Waals surface area contributed by atoms with E-state index in [0.29, 0.717) is 6.54 Å². The first-order valence-corrected chi connectivity index (χ1v) is 7.89. The molecule has 0 aliphatic heterocycles. The average Bonchev–Trinajstić information content (AvgIpc) is 2.76. The van der Waals surface area contributed by atoms with Crippen molar-refractivity contribution in [2.45, 2.75) is 43.9 Å². The lowest BCUT2D eigenvalue weighted by molar-refractivity contribution is 0.362. The molecule has 2 aromatic heterocycles. The van der Waals surface area contributed by atoms with Crippen LogP contribution in [-0.4, -0.2) is 35.6 Å². The summed E-state index contributed by atoms with van der Waals surface area (Å²) in [6, 6.07) is 4.08. The molecular formula is C16H25N5. The minimum atomic E-state index is 0.00940. The number of imidazole rings is 1. The number of nitrogens with two attached hydrogens (primary N) is 1. The lowest BCUT2D eigenvalue weighted by Gasteiger charge is -2.28. The molecule has 21 heavy (non-hydrogen) atoms. The Morgan fingerprint density at radius 2 is 1.86 bits per heavy atom. The number of rotatable bonds is 3. The fraction of sp³-hybridized carbons (Fsp3) is 0.625. The van der Waals surface area contributed by atoms with Gasteiger partial charge in [0, 0.05) is 26.1 Å². The van der Waals surface area contributed by atoms with Gasteiger partial charge in [0.1, 0.15) is 11.6 Å². The van der Waals surface area contributed by atoms with Crippen LogP contribution < -0.4 is 10.6 Å². The third-order valence-electron chi connectivity index (χ3n) is 4.74. The van der Waals surface area contributed by atoms with Crippen LogP contribution in [-0.2, 0) is 5.41 Å². The Balaban J connectivity index is 2.02. The van der Waals surface area contributed by atoms with Crippen molar-refractivity contribution in [3.63, 3.8) is 0 Å². The maximum atomic E-state index is 6.15. The van der Waals surface area contributed by atoms with Crippen molar-refractivity contribution in [2.75, 3.05) is 25.5 Å². The molecule has 0 unspecified atom stereocenters. The molecule has 114 valence electrons. The summed E-state index contributed by atoms with van der Waals surface area (Å²) >= 11 is 0. The number of hydrogen-bond acceptors (Lipinski definition) is 4. The predicted molar refractivity (Wildman–Crippen MR) is 86.7 cm³/mol. The number of fused-ring (bicyclic) bond motifs is 1. The number of nitrogens with one attached hydrogen (secondary N) is 1. The van der Waals surface area contributed by atoms with E-state index in [1.807, 2.05) is 25.1 Å². The Hall–Kier alpha value is -1.62. The van der Waals surface area contributed by atoms with E-state index in [4.69, 9.17) is 10.7 Å². The molecule has 0 atom stereocenters. The van der Waals surface area contributed by atoms with Gasteiger partial charge in [-0.15, -0.1) is 0 Å². The maximum absolute atomic E-state index is 6.15. The topological polar surface area (TPSA) is 70.8 Å². The molecule has 1 aliphatic carbocycles. The fourth-order valence-electron chi connectivity index (χ4n) is 3.33. The molecule has 1 aliphatic rings. The Labute approximate surface area is 126 Å². The summed E-state index contributed by atoms with van der Waals surface area (Å²) < 4.78 is 0. The standard InChI is InChI=1S/C16H25N5/c1-21(2)13-8-7-12-14(19-13)20-15(18-12)16(11-17)9-5-3-4-6-10-16/h7-8H,3-6,9-11,17H2,1-2H3,(H,18,19,20). The molecule has 2 aromatic rings. The van der Waals surface area contributed by atoms with Gasteiger partial charge in [-0.2, -0.15) is 0 Å². The van der Waals surface area contributed by atoms with Gasteiger partial charge in [0.05, 0.1) is 5.52 Å². The molecule has 1 saturated carbocycles. The molecule has 3 rings (SSSR count). The molecule has 0 spiro atoms. The summed E-state index contributed by atoms with van der Waals surface area (Å²) in [5.41, 5.74) is 7.97. The number of H-pyrrole nitrogens is 1. The number of hydrogen-bond donors (Lipinski definition) is 2. The van der Waals surface area contributed by atoms with Crippen molar-refractivity contribution in [3.05, 3.63) is 18.0 Å². The summed E-state index contributed by atoms with van der Waals surface area (Å²) in [7, 11) is 3.99. The largest absolute Gasteiger partial charge is 0.363 e. The second-order valence-corrected chi connectivity index (χ2v) is 6.42. The van der Waals surface area contributed by atoms with Crippen molar-refractivity contribution < 1.29 is 0 Å². The van der Waals surface area contributed by atoms with Gasteiger partial charge in [-0.3, -0.25) is 0 Å². The van der Waals surface area contributed by atoms with Gasteiger partial charge in [-0.25, -0.2) is 9.97 Å². The summed E-state index contributed by atoms with van der Waals surface area (Å²) in [6.07, 6.45) is 7.36. The molecule has 1 fully saturated rings. The first kappa shape index (κ1) is 14.3. The van der Waals surface area contributed by atoms with Crippen LogP contribution in [0.3, 0.4) is 0 Å². The smallest absolute Gasteiger partial charge is 0.179 e. The van der Waals surface area contributed by atoms with Gasteiger partial charge in [0.2, 0.25) is 0 Å². The molecule has 2 heterocycles. The summed E-state index contributed by atoms with van der Waals surface area (Å²) in [5, 5.41) is 0. The highest BCUT2D eigenvalue weighted by Gasteiger charge is 2.34. The third-order valence-corrected chi connectivity index (χ3v) is 4.74. The van der Waals surface area contributed by atoms with Crippen LogP contribution in [0.5, 0.6) is 0 Å². The van der Waals surface area contributed by atoms with E-state index in [2.05, 4.69) is 16.0 Å². The molecule has 0 radical (unpaired) electrons. The second kappa shape index (κ2) is 5.64. The lowest BCUT2D eigenvalue weighted by Crippen LogP contribution is -2.35.